The van der Waals surface area contributed by atoms with E-state index in [1.165, 1.54) is 35.7 Å². The van der Waals surface area contributed by atoms with E-state index in [1.54, 1.807) is 6.20 Å². The van der Waals surface area contributed by atoms with E-state index in [9.17, 15) is 0 Å². The summed E-state index contributed by atoms with van der Waals surface area (Å²) in [6.45, 7) is 3.78. The summed E-state index contributed by atoms with van der Waals surface area (Å²) in [6.07, 6.45) is 9.11. The van der Waals surface area contributed by atoms with Crippen LogP contribution in [0.5, 0.6) is 0 Å². The minimum Gasteiger partial charge on any atom is -0.381 e. The van der Waals surface area contributed by atoms with Crippen molar-refractivity contribution in [2.45, 2.75) is 48.1 Å². The van der Waals surface area contributed by atoms with E-state index in [0.29, 0.717) is 15.9 Å². The highest BCUT2D eigenvalue weighted by atomic mass is 35.5. The summed E-state index contributed by atoms with van der Waals surface area (Å²) in [5, 5.41) is 1.32. The number of rotatable bonds is 4. The van der Waals surface area contributed by atoms with Gasteiger partial charge in [0.1, 0.15) is 16.7 Å². The van der Waals surface area contributed by atoms with Crippen molar-refractivity contribution in [2.75, 3.05) is 41.7 Å². The fourth-order valence-corrected chi connectivity index (χ4v) is 6.97. The molecular weight excluding hydrogens is 478 g/mol. The Balaban J connectivity index is 1.15. The normalized spacial score (nSPS) is 21.0. The number of aromatic nitrogens is 3. The molecule has 1 atom stereocenters. The second-order valence-electron chi connectivity index (χ2n) is 9.86. The molecule has 2 saturated heterocycles. The van der Waals surface area contributed by atoms with Crippen LogP contribution in [-0.2, 0) is 6.42 Å². The van der Waals surface area contributed by atoms with Crippen LogP contribution in [0.15, 0.2) is 52.6 Å². The molecule has 7 nitrogen and oxygen atoms in total. The Morgan fingerprint density at radius 2 is 1.77 bits per heavy atom. The van der Waals surface area contributed by atoms with Crippen molar-refractivity contribution in [3.63, 3.8) is 0 Å². The lowest BCUT2D eigenvalue weighted by Gasteiger charge is -2.42. The van der Waals surface area contributed by atoms with Gasteiger partial charge >= 0.3 is 0 Å². The first-order chi connectivity index (χ1) is 17.0. The second-order valence-corrected chi connectivity index (χ2v) is 11.3. The summed E-state index contributed by atoms with van der Waals surface area (Å²) in [4.78, 5) is 19.3. The molecule has 1 spiro atoms. The highest BCUT2D eigenvalue weighted by Gasteiger charge is 2.45. The van der Waals surface area contributed by atoms with Crippen molar-refractivity contribution in [1.82, 2.24) is 15.0 Å². The number of nitrogen functional groups attached to an aromatic ring is 1. The topological polar surface area (TPSA) is 97.2 Å². The first kappa shape index (κ1) is 22.9. The zero-order valence-corrected chi connectivity index (χ0v) is 21.2. The number of anilines is 3. The molecule has 9 heteroatoms. The number of hydrogen-bond acceptors (Lipinski definition) is 8. The van der Waals surface area contributed by atoms with Crippen LogP contribution in [0.3, 0.4) is 0 Å². The van der Waals surface area contributed by atoms with Crippen molar-refractivity contribution in [2.24, 2.45) is 11.1 Å². The summed E-state index contributed by atoms with van der Waals surface area (Å²) in [5.41, 5.74) is 16.0. The molecule has 1 aliphatic carbocycles. The Morgan fingerprint density at radius 1 is 1.00 bits per heavy atom. The van der Waals surface area contributed by atoms with Gasteiger partial charge in [0.15, 0.2) is 5.82 Å². The third kappa shape index (κ3) is 4.11. The minimum absolute atomic E-state index is 0.103. The Hall–Kier alpha value is -2.55. The lowest BCUT2D eigenvalue weighted by atomic mass is 9.73. The zero-order valence-electron chi connectivity index (χ0n) is 19.7. The van der Waals surface area contributed by atoms with Gasteiger partial charge in [-0.15, -0.1) is 0 Å². The molecule has 0 amide bonds. The molecule has 6 rings (SSSR count). The molecule has 4 N–H and O–H groups in total. The van der Waals surface area contributed by atoms with Crippen LogP contribution >= 0.6 is 23.4 Å². The number of halogens is 1. The Labute approximate surface area is 215 Å². The summed E-state index contributed by atoms with van der Waals surface area (Å²) in [7, 11) is 0. The first-order valence-corrected chi connectivity index (χ1v) is 13.5. The largest absolute Gasteiger partial charge is 0.381 e. The fourth-order valence-electron chi connectivity index (χ4n) is 5.85. The third-order valence-corrected chi connectivity index (χ3v) is 9.43. The lowest BCUT2D eigenvalue weighted by molar-refractivity contribution is 0.187. The average Bonchev–Trinajstić information content (AvgIpc) is 3.50. The average molecular weight is 508 g/mol. The van der Waals surface area contributed by atoms with E-state index < -0.39 is 0 Å². The third-order valence-electron chi connectivity index (χ3n) is 7.87. The summed E-state index contributed by atoms with van der Waals surface area (Å²) in [6, 6.07) is 10.6. The molecule has 3 aliphatic rings. The minimum atomic E-state index is 0.103. The monoisotopic (exact) mass is 507 g/mol. The Morgan fingerprint density at radius 3 is 2.51 bits per heavy atom. The van der Waals surface area contributed by atoms with Crippen LogP contribution in [0, 0.1) is 5.41 Å². The highest BCUT2D eigenvalue weighted by molar-refractivity contribution is 7.99. The van der Waals surface area contributed by atoms with E-state index in [1.807, 2.05) is 12.3 Å². The molecule has 4 heterocycles. The van der Waals surface area contributed by atoms with Crippen LogP contribution in [0.4, 0.5) is 17.5 Å². The number of piperidine rings is 1. The molecule has 35 heavy (non-hydrogen) atoms. The number of hydrogen-bond donors (Lipinski definition) is 2. The maximum atomic E-state index is 6.73. The molecule has 2 aliphatic heterocycles. The molecular formula is C26H30ClN7S. The van der Waals surface area contributed by atoms with Gasteiger partial charge < -0.3 is 21.3 Å². The highest BCUT2D eigenvalue weighted by Crippen LogP contribution is 2.51. The summed E-state index contributed by atoms with van der Waals surface area (Å²) < 4.78 is 0. The molecule has 2 fully saturated rings. The van der Waals surface area contributed by atoms with E-state index in [0.717, 1.165) is 62.0 Å². The van der Waals surface area contributed by atoms with Gasteiger partial charge in [-0.3, -0.25) is 0 Å². The number of fused-ring (bicyclic) bond motifs is 1. The Kier molecular flexibility index (Phi) is 5.98. The standard InChI is InChI=1S/C26H30ClN7S/c27-21-19(7-10-30-24(21)34-11-3-4-12-34)35-25-23(29)32-20(16-31-25)33-13-8-26(9-14-33)15-17-5-1-2-6-18(17)22(26)28/h1-2,5-7,10,16,22H,3-4,8-9,11-15,28H2,(H2,29,32)/t22-/m1/s1. The van der Waals surface area contributed by atoms with Gasteiger partial charge in [0, 0.05) is 43.3 Å². The van der Waals surface area contributed by atoms with Crippen LogP contribution in [0.1, 0.15) is 42.9 Å². The van der Waals surface area contributed by atoms with E-state index >= 15 is 0 Å². The number of nitrogens with zero attached hydrogens (tertiary/aromatic N) is 5. The molecule has 2 aromatic heterocycles. The zero-order chi connectivity index (χ0) is 24.0. The number of pyridine rings is 1. The smallest absolute Gasteiger partial charge is 0.158 e. The fraction of sp³-hybridized carbons (Fsp3) is 0.423. The van der Waals surface area contributed by atoms with Gasteiger partial charge in [-0.25, -0.2) is 15.0 Å². The Bertz CT molecular complexity index is 1240. The second kappa shape index (κ2) is 9.15. The van der Waals surface area contributed by atoms with Gasteiger partial charge in [0.25, 0.3) is 0 Å². The number of nitrogens with two attached hydrogens (primary N) is 2. The predicted octanol–water partition coefficient (Wildman–Crippen LogP) is 4.70. The van der Waals surface area contributed by atoms with Gasteiger partial charge in [-0.05, 0) is 54.7 Å². The van der Waals surface area contributed by atoms with E-state index in [4.69, 9.17) is 28.1 Å². The van der Waals surface area contributed by atoms with Gasteiger partial charge in [0.05, 0.1) is 11.2 Å². The number of benzene rings is 1. The maximum Gasteiger partial charge on any atom is 0.158 e. The van der Waals surface area contributed by atoms with Crippen molar-refractivity contribution in [3.8, 4) is 0 Å². The molecule has 182 valence electrons. The molecule has 3 aromatic rings. The predicted molar refractivity (Wildman–Crippen MR) is 142 cm³/mol. The van der Waals surface area contributed by atoms with Crippen molar-refractivity contribution >= 4 is 40.8 Å². The SMILES string of the molecule is Nc1nc(N2CCC3(CC2)Cc2ccccc2[C@H]3N)cnc1Sc1ccnc(N2CCCC2)c1Cl. The van der Waals surface area contributed by atoms with Crippen LogP contribution in [-0.4, -0.2) is 41.1 Å². The molecule has 0 saturated carbocycles. The van der Waals surface area contributed by atoms with E-state index in [2.05, 4.69) is 44.0 Å². The first-order valence-electron chi connectivity index (χ1n) is 12.3. The van der Waals surface area contributed by atoms with Crippen molar-refractivity contribution < 1.29 is 0 Å². The van der Waals surface area contributed by atoms with Crippen molar-refractivity contribution in [1.29, 1.82) is 0 Å². The van der Waals surface area contributed by atoms with Crippen molar-refractivity contribution in [3.05, 3.63) is 58.9 Å². The lowest BCUT2D eigenvalue weighted by Crippen LogP contribution is -2.44. The molecule has 1 aromatic carbocycles. The van der Waals surface area contributed by atoms with Gasteiger partial charge in [-0.1, -0.05) is 47.6 Å². The summed E-state index contributed by atoms with van der Waals surface area (Å²) in [5.74, 6) is 2.09. The molecule has 0 bridgehead atoms. The maximum absolute atomic E-state index is 6.73. The van der Waals surface area contributed by atoms with Gasteiger partial charge in [0.2, 0.25) is 0 Å². The van der Waals surface area contributed by atoms with Crippen LogP contribution in [0.2, 0.25) is 5.02 Å². The van der Waals surface area contributed by atoms with Gasteiger partial charge in [-0.2, -0.15) is 0 Å². The molecule has 0 radical (unpaired) electrons. The van der Waals surface area contributed by atoms with E-state index in [-0.39, 0.29) is 11.5 Å². The summed E-state index contributed by atoms with van der Waals surface area (Å²) >= 11 is 8.16. The van der Waals surface area contributed by atoms with Crippen LogP contribution in [0.25, 0.3) is 0 Å². The molecule has 0 unspecified atom stereocenters. The quantitative estimate of drug-likeness (QED) is 0.524. The van der Waals surface area contributed by atoms with Crippen LogP contribution < -0.4 is 21.3 Å².